The van der Waals surface area contributed by atoms with Gasteiger partial charge in [0.25, 0.3) is 0 Å². The van der Waals surface area contributed by atoms with Gasteiger partial charge in [-0.25, -0.2) is 0 Å². The van der Waals surface area contributed by atoms with E-state index >= 15 is 0 Å². The van der Waals surface area contributed by atoms with Crippen molar-refractivity contribution in [2.75, 3.05) is 13.1 Å². The number of rotatable bonds is 5. The molecule has 0 radical (unpaired) electrons. The summed E-state index contributed by atoms with van der Waals surface area (Å²) in [5.41, 5.74) is 8.24. The summed E-state index contributed by atoms with van der Waals surface area (Å²) in [5.74, 6) is 0. The van der Waals surface area contributed by atoms with Crippen LogP contribution in [0.4, 0.5) is 0 Å². The molecule has 0 saturated carbocycles. The molecule has 0 bridgehead atoms. The second-order valence-electron chi connectivity index (χ2n) is 4.68. The predicted octanol–water partition coefficient (Wildman–Crippen LogP) is 3.38. The zero-order chi connectivity index (χ0) is 13.0. The third kappa shape index (κ3) is 3.44. The summed E-state index contributed by atoms with van der Waals surface area (Å²) in [6.45, 7) is 10.2. The molecule has 2 N–H and O–H groups in total. The molecule has 96 valence electrons. The Labute approximate surface area is 110 Å². The molecular weight excluding hydrogens is 232 g/mol. The smallest absolute Gasteiger partial charge is 0.0473 e. The van der Waals surface area contributed by atoms with E-state index in [2.05, 4.69) is 37.8 Å². The van der Waals surface area contributed by atoms with Crippen LogP contribution in [0, 0.1) is 6.92 Å². The molecule has 0 aliphatic heterocycles. The zero-order valence-corrected chi connectivity index (χ0v) is 12.0. The molecule has 1 aromatic carbocycles. The van der Waals surface area contributed by atoms with Crippen LogP contribution < -0.4 is 5.73 Å². The first-order valence-corrected chi connectivity index (χ1v) is 6.60. The third-order valence-electron chi connectivity index (χ3n) is 3.23. The van der Waals surface area contributed by atoms with Gasteiger partial charge in [-0.15, -0.1) is 0 Å². The van der Waals surface area contributed by atoms with Gasteiger partial charge in [0.15, 0.2) is 0 Å². The van der Waals surface area contributed by atoms with Crippen molar-refractivity contribution in [3.05, 3.63) is 34.3 Å². The fourth-order valence-corrected chi connectivity index (χ4v) is 2.41. The Morgan fingerprint density at radius 3 is 2.41 bits per heavy atom. The number of halogens is 1. The molecule has 0 aliphatic rings. The Bertz CT molecular complexity index is 363. The molecule has 0 saturated heterocycles. The van der Waals surface area contributed by atoms with Gasteiger partial charge in [0.2, 0.25) is 0 Å². The summed E-state index contributed by atoms with van der Waals surface area (Å²) < 4.78 is 0. The van der Waals surface area contributed by atoms with E-state index < -0.39 is 0 Å². The molecule has 17 heavy (non-hydrogen) atoms. The standard InChI is InChI=1S/C14H23ClN2/c1-5-17(10(2)3)14(9-16)12-7-6-11(4)13(15)8-12/h6-8,10,14H,5,9,16H2,1-4H3. The summed E-state index contributed by atoms with van der Waals surface area (Å²) in [4.78, 5) is 2.39. The van der Waals surface area contributed by atoms with E-state index in [9.17, 15) is 0 Å². The fraction of sp³-hybridized carbons (Fsp3) is 0.571. The lowest BCUT2D eigenvalue weighted by Gasteiger charge is -2.33. The van der Waals surface area contributed by atoms with E-state index in [4.69, 9.17) is 17.3 Å². The highest BCUT2D eigenvalue weighted by Crippen LogP contribution is 2.26. The lowest BCUT2D eigenvalue weighted by atomic mass is 10.0. The maximum absolute atomic E-state index is 6.18. The summed E-state index contributed by atoms with van der Waals surface area (Å²) in [5, 5.41) is 0.820. The van der Waals surface area contributed by atoms with Gasteiger partial charge < -0.3 is 5.73 Å². The fourth-order valence-electron chi connectivity index (χ4n) is 2.22. The Morgan fingerprint density at radius 2 is 2.00 bits per heavy atom. The van der Waals surface area contributed by atoms with Crippen LogP contribution in [-0.4, -0.2) is 24.0 Å². The van der Waals surface area contributed by atoms with Crippen LogP contribution in [0.25, 0.3) is 0 Å². The van der Waals surface area contributed by atoms with Crippen molar-refractivity contribution in [2.45, 2.75) is 39.8 Å². The second kappa shape index (κ2) is 6.39. The summed E-state index contributed by atoms with van der Waals surface area (Å²) >= 11 is 6.18. The molecule has 0 heterocycles. The molecule has 0 fully saturated rings. The van der Waals surface area contributed by atoms with Gasteiger partial charge in [-0.3, -0.25) is 4.90 Å². The maximum atomic E-state index is 6.18. The number of aryl methyl sites for hydroxylation is 1. The van der Waals surface area contributed by atoms with Crippen molar-refractivity contribution in [3.8, 4) is 0 Å². The van der Waals surface area contributed by atoms with Gasteiger partial charge >= 0.3 is 0 Å². The lowest BCUT2D eigenvalue weighted by molar-refractivity contribution is 0.166. The Kier molecular flexibility index (Phi) is 5.44. The number of nitrogens with zero attached hydrogens (tertiary/aromatic N) is 1. The number of hydrogen-bond acceptors (Lipinski definition) is 2. The largest absolute Gasteiger partial charge is 0.329 e. The number of nitrogens with two attached hydrogens (primary N) is 1. The van der Waals surface area contributed by atoms with Crippen molar-refractivity contribution in [1.29, 1.82) is 0 Å². The van der Waals surface area contributed by atoms with Crippen molar-refractivity contribution in [2.24, 2.45) is 5.73 Å². The number of benzene rings is 1. The summed E-state index contributed by atoms with van der Waals surface area (Å²) in [7, 11) is 0. The van der Waals surface area contributed by atoms with E-state index in [1.54, 1.807) is 0 Å². The number of likely N-dealkylation sites (N-methyl/N-ethyl adjacent to an activating group) is 1. The highest BCUT2D eigenvalue weighted by molar-refractivity contribution is 6.31. The van der Waals surface area contributed by atoms with Crippen LogP contribution in [0.1, 0.15) is 37.9 Å². The molecule has 3 heteroatoms. The highest BCUT2D eigenvalue weighted by Gasteiger charge is 2.20. The zero-order valence-electron chi connectivity index (χ0n) is 11.2. The Hall–Kier alpha value is -0.570. The minimum atomic E-state index is 0.248. The minimum absolute atomic E-state index is 0.248. The summed E-state index contributed by atoms with van der Waals surface area (Å²) in [6, 6.07) is 6.96. The van der Waals surface area contributed by atoms with Crippen molar-refractivity contribution in [1.82, 2.24) is 4.90 Å². The molecule has 0 spiro atoms. The van der Waals surface area contributed by atoms with Crippen molar-refractivity contribution < 1.29 is 0 Å². The van der Waals surface area contributed by atoms with E-state index in [0.717, 1.165) is 17.1 Å². The van der Waals surface area contributed by atoms with Gasteiger partial charge in [-0.05, 0) is 44.5 Å². The van der Waals surface area contributed by atoms with Gasteiger partial charge in [-0.1, -0.05) is 30.7 Å². The van der Waals surface area contributed by atoms with Gasteiger partial charge in [0.1, 0.15) is 0 Å². The summed E-state index contributed by atoms with van der Waals surface area (Å²) in [6.07, 6.45) is 0. The third-order valence-corrected chi connectivity index (χ3v) is 3.64. The molecule has 1 aromatic rings. The molecule has 1 unspecified atom stereocenters. The van der Waals surface area contributed by atoms with E-state index in [1.165, 1.54) is 5.56 Å². The first-order valence-electron chi connectivity index (χ1n) is 6.23. The molecule has 1 rings (SSSR count). The van der Waals surface area contributed by atoms with Crippen LogP contribution >= 0.6 is 11.6 Å². The predicted molar refractivity (Wildman–Crippen MR) is 75.5 cm³/mol. The van der Waals surface area contributed by atoms with Crippen LogP contribution in [0.2, 0.25) is 5.02 Å². The topological polar surface area (TPSA) is 29.3 Å². The second-order valence-corrected chi connectivity index (χ2v) is 5.09. The SMILES string of the molecule is CCN(C(C)C)C(CN)c1ccc(C)c(Cl)c1. The van der Waals surface area contributed by atoms with Crippen molar-refractivity contribution >= 4 is 11.6 Å². The Balaban J connectivity index is 3.03. The van der Waals surface area contributed by atoms with Crippen molar-refractivity contribution in [3.63, 3.8) is 0 Å². The molecule has 0 aromatic heterocycles. The van der Waals surface area contributed by atoms with E-state index in [1.807, 2.05) is 13.0 Å². The number of hydrogen-bond donors (Lipinski definition) is 1. The van der Waals surface area contributed by atoms with Crippen LogP contribution in [0.15, 0.2) is 18.2 Å². The van der Waals surface area contributed by atoms with E-state index in [0.29, 0.717) is 12.6 Å². The average molecular weight is 255 g/mol. The van der Waals surface area contributed by atoms with Crippen LogP contribution in [0.5, 0.6) is 0 Å². The minimum Gasteiger partial charge on any atom is -0.329 e. The molecule has 0 aliphatic carbocycles. The van der Waals surface area contributed by atoms with E-state index in [-0.39, 0.29) is 6.04 Å². The average Bonchev–Trinajstić information content (AvgIpc) is 2.29. The van der Waals surface area contributed by atoms with Crippen LogP contribution in [-0.2, 0) is 0 Å². The first-order chi connectivity index (χ1) is 8.01. The molecule has 2 nitrogen and oxygen atoms in total. The quantitative estimate of drug-likeness (QED) is 0.873. The van der Waals surface area contributed by atoms with Crippen LogP contribution in [0.3, 0.4) is 0 Å². The van der Waals surface area contributed by atoms with Gasteiger partial charge in [-0.2, -0.15) is 0 Å². The maximum Gasteiger partial charge on any atom is 0.0473 e. The molecule has 0 amide bonds. The van der Waals surface area contributed by atoms with Gasteiger partial charge in [0, 0.05) is 23.7 Å². The highest BCUT2D eigenvalue weighted by atomic mass is 35.5. The van der Waals surface area contributed by atoms with Gasteiger partial charge in [0.05, 0.1) is 0 Å². The lowest BCUT2D eigenvalue weighted by Crippen LogP contribution is -2.38. The molecular formula is C14H23ClN2. The Morgan fingerprint density at radius 1 is 1.35 bits per heavy atom. The first kappa shape index (κ1) is 14.5. The monoisotopic (exact) mass is 254 g/mol. The normalized spacial score (nSPS) is 13.4. The molecule has 1 atom stereocenters.